The SMILES string of the molecule is CCC1CCC(CN)C(Cc2c(F)cccc2F)C1. The fourth-order valence-corrected chi connectivity index (χ4v) is 3.34. The van der Waals surface area contributed by atoms with Crippen molar-refractivity contribution in [3.8, 4) is 0 Å². The molecule has 3 unspecified atom stereocenters. The molecular weight excluding hydrogens is 244 g/mol. The summed E-state index contributed by atoms with van der Waals surface area (Å²) in [6, 6.07) is 4.11. The van der Waals surface area contributed by atoms with Crippen LogP contribution in [0.25, 0.3) is 0 Å². The molecule has 19 heavy (non-hydrogen) atoms. The molecule has 0 spiro atoms. The lowest BCUT2D eigenvalue weighted by atomic mass is 9.71. The second kappa shape index (κ2) is 6.47. The van der Waals surface area contributed by atoms with Crippen molar-refractivity contribution in [1.82, 2.24) is 0 Å². The highest BCUT2D eigenvalue weighted by Crippen LogP contribution is 2.37. The lowest BCUT2D eigenvalue weighted by Gasteiger charge is -2.35. The van der Waals surface area contributed by atoms with Crippen LogP contribution < -0.4 is 5.73 Å². The molecule has 1 aliphatic carbocycles. The van der Waals surface area contributed by atoms with Crippen LogP contribution in [0.15, 0.2) is 18.2 Å². The molecule has 1 aliphatic rings. The molecule has 3 heteroatoms. The Morgan fingerprint density at radius 1 is 1.16 bits per heavy atom. The lowest BCUT2D eigenvalue weighted by molar-refractivity contribution is 0.177. The third-order valence-electron chi connectivity index (χ3n) is 4.66. The molecule has 0 radical (unpaired) electrons. The summed E-state index contributed by atoms with van der Waals surface area (Å²) >= 11 is 0. The molecule has 1 fully saturated rings. The number of hydrogen-bond acceptors (Lipinski definition) is 1. The molecule has 1 nitrogen and oxygen atoms in total. The Morgan fingerprint density at radius 3 is 2.42 bits per heavy atom. The van der Waals surface area contributed by atoms with Crippen LogP contribution in [0.1, 0.15) is 38.2 Å². The van der Waals surface area contributed by atoms with Gasteiger partial charge in [0.15, 0.2) is 0 Å². The van der Waals surface area contributed by atoms with Gasteiger partial charge in [0.25, 0.3) is 0 Å². The molecule has 0 amide bonds. The van der Waals surface area contributed by atoms with Crippen LogP contribution in [0.4, 0.5) is 8.78 Å². The minimum Gasteiger partial charge on any atom is -0.330 e. The average molecular weight is 267 g/mol. The van der Waals surface area contributed by atoms with Gasteiger partial charge in [0.05, 0.1) is 0 Å². The predicted molar refractivity (Wildman–Crippen MR) is 73.7 cm³/mol. The molecule has 0 aliphatic heterocycles. The Morgan fingerprint density at radius 2 is 1.84 bits per heavy atom. The third kappa shape index (κ3) is 3.33. The second-order valence-corrected chi connectivity index (χ2v) is 5.75. The van der Waals surface area contributed by atoms with Crippen LogP contribution >= 0.6 is 0 Å². The monoisotopic (exact) mass is 267 g/mol. The van der Waals surface area contributed by atoms with Crippen molar-refractivity contribution in [2.75, 3.05) is 6.54 Å². The van der Waals surface area contributed by atoms with E-state index in [9.17, 15) is 8.78 Å². The summed E-state index contributed by atoms with van der Waals surface area (Å²) in [5, 5.41) is 0. The fourth-order valence-electron chi connectivity index (χ4n) is 3.34. The Labute approximate surface area is 114 Å². The number of halogens is 2. The van der Waals surface area contributed by atoms with E-state index in [1.807, 2.05) is 0 Å². The van der Waals surface area contributed by atoms with Crippen molar-refractivity contribution in [1.29, 1.82) is 0 Å². The molecule has 3 atom stereocenters. The third-order valence-corrected chi connectivity index (χ3v) is 4.66. The molecule has 0 heterocycles. The Balaban J connectivity index is 2.14. The summed E-state index contributed by atoms with van der Waals surface area (Å²) in [7, 11) is 0. The molecule has 0 bridgehead atoms. The van der Waals surface area contributed by atoms with Gasteiger partial charge in [0, 0.05) is 5.56 Å². The Bertz CT molecular complexity index is 399. The maximum absolute atomic E-state index is 13.7. The fraction of sp³-hybridized carbons (Fsp3) is 0.625. The first-order chi connectivity index (χ1) is 9.15. The summed E-state index contributed by atoms with van der Waals surface area (Å²) in [5.41, 5.74) is 6.06. The zero-order chi connectivity index (χ0) is 13.8. The summed E-state index contributed by atoms with van der Waals surface area (Å²) < 4.78 is 27.5. The Hall–Kier alpha value is -0.960. The minimum atomic E-state index is -0.422. The summed E-state index contributed by atoms with van der Waals surface area (Å²) in [4.78, 5) is 0. The molecule has 0 saturated heterocycles. The quantitative estimate of drug-likeness (QED) is 0.879. The van der Waals surface area contributed by atoms with E-state index in [2.05, 4.69) is 6.92 Å². The highest BCUT2D eigenvalue weighted by atomic mass is 19.1. The maximum atomic E-state index is 13.7. The van der Waals surface area contributed by atoms with E-state index in [0.29, 0.717) is 30.7 Å². The van der Waals surface area contributed by atoms with Crippen molar-refractivity contribution >= 4 is 0 Å². The standard InChI is InChI=1S/C16H23F2N/c1-2-11-6-7-12(10-19)13(8-11)9-14-15(17)4-3-5-16(14)18/h3-5,11-13H,2,6-10,19H2,1H3. The van der Waals surface area contributed by atoms with Crippen LogP contribution in [-0.2, 0) is 6.42 Å². The highest BCUT2D eigenvalue weighted by Gasteiger charge is 2.30. The van der Waals surface area contributed by atoms with Gasteiger partial charge in [-0.15, -0.1) is 0 Å². The smallest absolute Gasteiger partial charge is 0.129 e. The van der Waals surface area contributed by atoms with E-state index < -0.39 is 11.6 Å². The van der Waals surface area contributed by atoms with Gasteiger partial charge in [-0.2, -0.15) is 0 Å². The number of benzene rings is 1. The number of nitrogens with two attached hydrogens (primary N) is 1. The number of hydrogen-bond donors (Lipinski definition) is 1. The second-order valence-electron chi connectivity index (χ2n) is 5.75. The number of rotatable bonds is 4. The van der Waals surface area contributed by atoms with E-state index >= 15 is 0 Å². The molecule has 2 N–H and O–H groups in total. The molecule has 106 valence electrons. The first-order valence-corrected chi connectivity index (χ1v) is 7.28. The maximum Gasteiger partial charge on any atom is 0.129 e. The van der Waals surface area contributed by atoms with Crippen LogP contribution in [-0.4, -0.2) is 6.54 Å². The molecule has 1 aromatic rings. The largest absolute Gasteiger partial charge is 0.330 e. The van der Waals surface area contributed by atoms with Gasteiger partial charge in [-0.3, -0.25) is 0 Å². The van der Waals surface area contributed by atoms with Gasteiger partial charge in [0.1, 0.15) is 11.6 Å². The molecule has 1 aromatic carbocycles. The lowest BCUT2D eigenvalue weighted by Crippen LogP contribution is -2.32. The minimum absolute atomic E-state index is 0.239. The van der Waals surface area contributed by atoms with Crippen molar-refractivity contribution in [3.05, 3.63) is 35.4 Å². The van der Waals surface area contributed by atoms with Crippen molar-refractivity contribution in [3.63, 3.8) is 0 Å². The highest BCUT2D eigenvalue weighted by molar-refractivity contribution is 5.20. The van der Waals surface area contributed by atoms with Crippen LogP contribution in [0, 0.1) is 29.4 Å². The summed E-state index contributed by atoms with van der Waals surface area (Å²) in [6.45, 7) is 2.81. The van der Waals surface area contributed by atoms with Crippen molar-refractivity contribution < 1.29 is 8.78 Å². The van der Waals surface area contributed by atoms with Crippen LogP contribution in [0.3, 0.4) is 0 Å². The first kappa shape index (κ1) is 14.4. The van der Waals surface area contributed by atoms with Gasteiger partial charge in [-0.05, 0) is 55.7 Å². The van der Waals surface area contributed by atoms with E-state index in [-0.39, 0.29) is 5.56 Å². The topological polar surface area (TPSA) is 26.0 Å². The van der Waals surface area contributed by atoms with E-state index in [1.54, 1.807) is 0 Å². The van der Waals surface area contributed by atoms with Crippen LogP contribution in [0.2, 0.25) is 0 Å². The Kier molecular flexibility index (Phi) is 4.92. The van der Waals surface area contributed by atoms with Gasteiger partial charge in [-0.1, -0.05) is 25.8 Å². The first-order valence-electron chi connectivity index (χ1n) is 7.28. The molecule has 2 rings (SSSR count). The van der Waals surface area contributed by atoms with Crippen molar-refractivity contribution in [2.24, 2.45) is 23.5 Å². The zero-order valence-electron chi connectivity index (χ0n) is 11.5. The van der Waals surface area contributed by atoms with Gasteiger partial charge < -0.3 is 5.73 Å². The van der Waals surface area contributed by atoms with E-state index in [1.165, 1.54) is 24.6 Å². The van der Waals surface area contributed by atoms with Crippen molar-refractivity contribution in [2.45, 2.75) is 39.0 Å². The van der Waals surface area contributed by atoms with E-state index in [4.69, 9.17) is 5.73 Å². The van der Waals surface area contributed by atoms with Gasteiger partial charge in [-0.25, -0.2) is 8.78 Å². The molecule has 0 aromatic heterocycles. The van der Waals surface area contributed by atoms with E-state index in [0.717, 1.165) is 19.3 Å². The zero-order valence-corrected chi connectivity index (χ0v) is 11.5. The van der Waals surface area contributed by atoms with Crippen LogP contribution in [0.5, 0.6) is 0 Å². The summed E-state index contributed by atoms with van der Waals surface area (Å²) in [6.07, 6.45) is 4.97. The predicted octanol–water partition coefficient (Wildman–Crippen LogP) is 3.91. The van der Waals surface area contributed by atoms with Gasteiger partial charge >= 0.3 is 0 Å². The molecular formula is C16H23F2N. The molecule has 1 saturated carbocycles. The summed E-state index contributed by atoms with van der Waals surface area (Å²) in [5.74, 6) is 0.559. The average Bonchev–Trinajstić information content (AvgIpc) is 2.42. The van der Waals surface area contributed by atoms with Gasteiger partial charge in [0.2, 0.25) is 0 Å². The normalized spacial score (nSPS) is 27.5.